The van der Waals surface area contributed by atoms with Crippen molar-refractivity contribution in [3.05, 3.63) is 58.6 Å². The zero-order valence-electron chi connectivity index (χ0n) is 16.6. The van der Waals surface area contributed by atoms with Crippen molar-refractivity contribution < 1.29 is 19.1 Å². The van der Waals surface area contributed by atoms with E-state index in [1.54, 1.807) is 6.08 Å². The van der Waals surface area contributed by atoms with E-state index in [0.29, 0.717) is 23.8 Å². The van der Waals surface area contributed by atoms with Gasteiger partial charge in [-0.1, -0.05) is 24.6 Å². The van der Waals surface area contributed by atoms with Gasteiger partial charge >= 0.3 is 0 Å². The van der Waals surface area contributed by atoms with Gasteiger partial charge in [-0.2, -0.15) is 0 Å². The van der Waals surface area contributed by atoms with Crippen molar-refractivity contribution in [3.63, 3.8) is 0 Å². The summed E-state index contributed by atoms with van der Waals surface area (Å²) < 4.78 is 11.9. The van der Waals surface area contributed by atoms with E-state index < -0.39 is 0 Å². The number of carbonyl (C=O) groups excluding carboxylic acids is 2. The molecule has 0 unspecified atom stereocenters. The Hall–Kier alpha value is -2.80. The minimum Gasteiger partial charge on any atom is -0.493 e. The third-order valence-electron chi connectivity index (χ3n) is 5.07. The van der Waals surface area contributed by atoms with Crippen LogP contribution in [0.25, 0.3) is 6.08 Å². The summed E-state index contributed by atoms with van der Waals surface area (Å²) in [6, 6.07) is 13.3. The summed E-state index contributed by atoms with van der Waals surface area (Å²) in [6.45, 7) is 0.507. The van der Waals surface area contributed by atoms with Crippen molar-refractivity contribution >= 4 is 29.0 Å². The van der Waals surface area contributed by atoms with Crippen LogP contribution in [-0.2, 0) is 11.2 Å². The van der Waals surface area contributed by atoms with Gasteiger partial charge in [0.05, 0.1) is 11.5 Å². The van der Waals surface area contributed by atoms with E-state index in [2.05, 4.69) is 10.3 Å². The maximum atomic E-state index is 11.6. The fraction of sp³-hybridized carbons (Fsp3) is 0.348. The molecule has 1 saturated carbocycles. The zero-order chi connectivity index (χ0) is 20.8. The number of nitrogens with zero attached hydrogens (tertiary/aromatic N) is 1. The second kappa shape index (κ2) is 9.80. The second-order valence-electron chi connectivity index (χ2n) is 7.36. The Morgan fingerprint density at radius 2 is 1.87 bits per heavy atom. The van der Waals surface area contributed by atoms with Crippen LogP contribution in [0.2, 0.25) is 0 Å². The van der Waals surface area contributed by atoms with Gasteiger partial charge in [0.15, 0.2) is 0 Å². The highest BCUT2D eigenvalue weighted by Crippen LogP contribution is 2.26. The summed E-state index contributed by atoms with van der Waals surface area (Å²) in [4.78, 5) is 27.8. The quantitative estimate of drug-likeness (QED) is 0.647. The van der Waals surface area contributed by atoms with E-state index >= 15 is 0 Å². The van der Waals surface area contributed by atoms with E-state index in [0.717, 1.165) is 41.6 Å². The lowest BCUT2D eigenvalue weighted by Gasteiger charge is -2.22. The molecule has 2 heterocycles. The van der Waals surface area contributed by atoms with Gasteiger partial charge in [0.1, 0.15) is 11.9 Å². The predicted molar refractivity (Wildman–Crippen MR) is 116 cm³/mol. The van der Waals surface area contributed by atoms with Crippen LogP contribution >= 0.6 is 11.8 Å². The Morgan fingerprint density at radius 3 is 2.60 bits per heavy atom. The van der Waals surface area contributed by atoms with Crippen LogP contribution < -0.4 is 14.8 Å². The van der Waals surface area contributed by atoms with Crippen LogP contribution in [0.15, 0.2) is 47.4 Å². The van der Waals surface area contributed by atoms with Crippen LogP contribution in [0.1, 0.15) is 43.4 Å². The van der Waals surface area contributed by atoms with Crippen molar-refractivity contribution in [2.24, 2.45) is 0 Å². The largest absolute Gasteiger partial charge is 0.493 e. The van der Waals surface area contributed by atoms with Gasteiger partial charge < -0.3 is 9.47 Å². The number of aromatic nitrogens is 1. The third kappa shape index (κ3) is 5.63. The third-order valence-corrected chi connectivity index (χ3v) is 5.88. The number of carbonyl (C=O) groups is 2. The number of ether oxygens (including phenoxy) is 2. The lowest BCUT2D eigenvalue weighted by Crippen LogP contribution is -2.20. The number of imide groups is 1. The van der Waals surface area contributed by atoms with Crippen molar-refractivity contribution in [2.75, 3.05) is 6.61 Å². The molecule has 0 bridgehead atoms. The molecule has 0 radical (unpaired) electrons. The molecule has 6 nitrogen and oxygen atoms in total. The summed E-state index contributed by atoms with van der Waals surface area (Å²) >= 11 is 0.909. The minimum absolute atomic E-state index is 0.290. The summed E-state index contributed by atoms with van der Waals surface area (Å²) in [7, 11) is 0. The Bertz CT molecular complexity index is 936. The van der Waals surface area contributed by atoms with Crippen LogP contribution in [0.4, 0.5) is 4.79 Å². The average Bonchev–Trinajstić information content (AvgIpc) is 3.07. The van der Waals surface area contributed by atoms with E-state index in [1.165, 1.54) is 19.3 Å². The molecule has 1 aliphatic carbocycles. The maximum Gasteiger partial charge on any atom is 0.290 e. The molecule has 1 aliphatic heterocycles. The van der Waals surface area contributed by atoms with Gasteiger partial charge in [0, 0.05) is 18.2 Å². The normalized spacial score (nSPS) is 18.5. The molecule has 4 rings (SSSR count). The number of amides is 2. The predicted octanol–water partition coefficient (Wildman–Crippen LogP) is 4.74. The first-order valence-corrected chi connectivity index (χ1v) is 11.1. The first-order valence-electron chi connectivity index (χ1n) is 10.3. The van der Waals surface area contributed by atoms with Gasteiger partial charge in [0.2, 0.25) is 5.88 Å². The molecule has 2 aliphatic rings. The van der Waals surface area contributed by atoms with E-state index in [1.807, 2.05) is 42.5 Å². The fourth-order valence-electron chi connectivity index (χ4n) is 3.52. The molecule has 1 N–H and O–H groups in total. The van der Waals surface area contributed by atoms with Gasteiger partial charge in [-0.25, -0.2) is 4.98 Å². The maximum absolute atomic E-state index is 11.6. The number of nitrogens with one attached hydrogen (secondary N) is 1. The first kappa shape index (κ1) is 20.5. The molecule has 30 heavy (non-hydrogen) atoms. The highest BCUT2D eigenvalue weighted by Gasteiger charge is 2.24. The number of hydrogen-bond donors (Lipinski definition) is 1. The van der Waals surface area contributed by atoms with Gasteiger partial charge in [-0.05, 0) is 67.3 Å². The van der Waals surface area contributed by atoms with Crippen molar-refractivity contribution in [1.29, 1.82) is 0 Å². The van der Waals surface area contributed by atoms with Crippen molar-refractivity contribution in [1.82, 2.24) is 10.3 Å². The Morgan fingerprint density at radius 1 is 1.07 bits per heavy atom. The number of benzene rings is 1. The monoisotopic (exact) mass is 424 g/mol. The van der Waals surface area contributed by atoms with Crippen molar-refractivity contribution in [3.8, 4) is 11.6 Å². The van der Waals surface area contributed by atoms with Crippen LogP contribution in [-0.4, -0.2) is 28.8 Å². The van der Waals surface area contributed by atoms with Crippen LogP contribution in [0.3, 0.4) is 0 Å². The first-order chi connectivity index (χ1) is 14.7. The van der Waals surface area contributed by atoms with Crippen LogP contribution in [0.5, 0.6) is 11.6 Å². The lowest BCUT2D eigenvalue weighted by atomic mass is 9.98. The molecule has 0 spiro atoms. The van der Waals surface area contributed by atoms with E-state index in [-0.39, 0.29) is 17.3 Å². The van der Waals surface area contributed by atoms with Gasteiger partial charge in [-0.15, -0.1) is 0 Å². The number of hydrogen-bond acceptors (Lipinski definition) is 6. The number of thioether (sulfide) groups is 1. The lowest BCUT2D eigenvalue weighted by molar-refractivity contribution is -0.115. The summed E-state index contributed by atoms with van der Waals surface area (Å²) in [5.74, 6) is 1.09. The van der Waals surface area contributed by atoms with Crippen molar-refractivity contribution in [2.45, 2.75) is 44.6 Å². The molecule has 2 aromatic rings. The molecular formula is C23H24N2O4S. The van der Waals surface area contributed by atoms with E-state index in [9.17, 15) is 9.59 Å². The standard InChI is InChI=1S/C23H24N2O4S/c26-22-20(30-23(27)25-22)15-16-9-11-18(12-10-16)28-14-13-17-5-4-8-21(24-17)29-19-6-2-1-3-7-19/h4-5,8-12,15,19H,1-3,6-7,13-14H2,(H,25,26,27). The minimum atomic E-state index is -0.354. The molecule has 2 amide bonds. The Kier molecular flexibility index (Phi) is 6.69. The smallest absolute Gasteiger partial charge is 0.290 e. The van der Waals surface area contributed by atoms with Crippen LogP contribution in [0, 0.1) is 0 Å². The van der Waals surface area contributed by atoms with E-state index in [4.69, 9.17) is 9.47 Å². The summed E-state index contributed by atoms with van der Waals surface area (Å²) in [6.07, 6.45) is 8.66. The summed E-state index contributed by atoms with van der Waals surface area (Å²) in [5.41, 5.74) is 1.78. The molecule has 1 saturated heterocycles. The highest BCUT2D eigenvalue weighted by atomic mass is 32.2. The molecule has 7 heteroatoms. The average molecular weight is 425 g/mol. The molecule has 1 aromatic carbocycles. The zero-order valence-corrected chi connectivity index (χ0v) is 17.5. The summed E-state index contributed by atoms with van der Waals surface area (Å²) in [5, 5.41) is 1.91. The second-order valence-corrected chi connectivity index (χ2v) is 8.38. The van der Waals surface area contributed by atoms with Gasteiger partial charge in [-0.3, -0.25) is 14.9 Å². The SMILES string of the molecule is O=C1NC(=O)C(=Cc2ccc(OCCc3cccc(OC4CCCCC4)n3)cc2)S1. The molecule has 0 atom stereocenters. The fourth-order valence-corrected chi connectivity index (χ4v) is 4.20. The number of rotatable bonds is 7. The Balaban J connectivity index is 1.27. The molecule has 1 aromatic heterocycles. The molecule has 156 valence electrons. The number of pyridine rings is 1. The van der Waals surface area contributed by atoms with Gasteiger partial charge in [0.25, 0.3) is 11.1 Å². The molecular weight excluding hydrogens is 400 g/mol. The Labute approximate surface area is 180 Å². The highest BCUT2D eigenvalue weighted by molar-refractivity contribution is 8.18. The molecule has 2 fully saturated rings. The topological polar surface area (TPSA) is 77.5 Å².